The second-order valence-electron chi connectivity index (χ2n) is 4.08. The number of hydrogen-bond acceptors (Lipinski definition) is 3. The number of rotatable bonds is 3. The molecule has 1 N–H and O–H groups in total. The molecule has 0 spiro atoms. The topological polar surface area (TPSA) is 64.4 Å². The third-order valence-electron chi connectivity index (χ3n) is 2.99. The average molecular weight is 224 g/mol. The smallest absolute Gasteiger partial charge is 0.309 e. The van der Waals surface area contributed by atoms with E-state index in [1.165, 1.54) is 0 Å². The molecule has 1 aromatic heterocycles. The van der Waals surface area contributed by atoms with Crippen molar-refractivity contribution in [2.75, 3.05) is 6.61 Å². The Morgan fingerprint density at radius 2 is 2.50 bits per heavy atom. The monoisotopic (exact) mass is 224 g/mol. The van der Waals surface area contributed by atoms with Gasteiger partial charge < -0.3 is 9.84 Å². The van der Waals surface area contributed by atoms with E-state index in [9.17, 15) is 4.79 Å². The van der Waals surface area contributed by atoms with Gasteiger partial charge >= 0.3 is 5.97 Å². The molecule has 0 saturated carbocycles. The zero-order valence-electron chi connectivity index (χ0n) is 9.51. The molecule has 0 radical (unpaired) electrons. The molecule has 2 heterocycles. The molecule has 88 valence electrons. The van der Waals surface area contributed by atoms with E-state index in [2.05, 4.69) is 5.10 Å². The maximum atomic E-state index is 11.1. The molecule has 2 unspecified atom stereocenters. The molecule has 0 aromatic carbocycles. The van der Waals surface area contributed by atoms with Crippen LogP contribution in [0.15, 0.2) is 6.20 Å². The average Bonchev–Trinajstić information content (AvgIpc) is 2.82. The van der Waals surface area contributed by atoms with Gasteiger partial charge in [0.25, 0.3) is 0 Å². The quantitative estimate of drug-likeness (QED) is 0.836. The van der Waals surface area contributed by atoms with Gasteiger partial charge in [-0.1, -0.05) is 6.92 Å². The molecule has 0 aliphatic carbocycles. The number of nitrogens with zero attached hydrogens (tertiary/aromatic N) is 2. The molecule has 1 saturated heterocycles. The molecule has 16 heavy (non-hydrogen) atoms. The van der Waals surface area contributed by atoms with Crippen LogP contribution in [0.4, 0.5) is 0 Å². The first-order valence-electron chi connectivity index (χ1n) is 5.50. The lowest BCUT2D eigenvalue weighted by molar-refractivity contribution is -0.143. The summed E-state index contributed by atoms with van der Waals surface area (Å²) in [4.78, 5) is 11.1. The maximum absolute atomic E-state index is 11.1. The second-order valence-corrected chi connectivity index (χ2v) is 4.08. The lowest BCUT2D eigenvalue weighted by atomic mass is 9.95. The van der Waals surface area contributed by atoms with Crippen molar-refractivity contribution in [3.63, 3.8) is 0 Å². The Morgan fingerprint density at radius 3 is 3.12 bits per heavy atom. The van der Waals surface area contributed by atoms with Gasteiger partial charge in [-0.3, -0.25) is 9.48 Å². The van der Waals surface area contributed by atoms with E-state index in [0.717, 1.165) is 17.7 Å². The summed E-state index contributed by atoms with van der Waals surface area (Å²) >= 11 is 0. The van der Waals surface area contributed by atoms with E-state index in [-0.39, 0.29) is 6.10 Å². The predicted octanol–water partition coefficient (Wildman–Crippen LogP) is 1.14. The largest absolute Gasteiger partial charge is 0.481 e. The molecular weight excluding hydrogens is 208 g/mol. The zero-order valence-corrected chi connectivity index (χ0v) is 9.51. The van der Waals surface area contributed by atoms with Gasteiger partial charge in [0, 0.05) is 25.4 Å². The van der Waals surface area contributed by atoms with Gasteiger partial charge in [-0.25, -0.2) is 0 Å². The first kappa shape index (κ1) is 11.1. The zero-order chi connectivity index (χ0) is 11.7. The van der Waals surface area contributed by atoms with Crippen molar-refractivity contribution in [3.05, 3.63) is 17.5 Å². The van der Waals surface area contributed by atoms with Crippen molar-refractivity contribution in [1.82, 2.24) is 9.78 Å². The van der Waals surface area contributed by atoms with E-state index in [1.807, 2.05) is 20.2 Å². The molecule has 1 aromatic rings. The molecule has 0 bridgehead atoms. The van der Waals surface area contributed by atoms with Crippen LogP contribution in [0.1, 0.15) is 30.7 Å². The fraction of sp³-hybridized carbons (Fsp3) is 0.636. The summed E-state index contributed by atoms with van der Waals surface area (Å²) in [6.07, 6.45) is 2.91. The lowest BCUT2D eigenvalue weighted by Gasteiger charge is -2.14. The van der Waals surface area contributed by atoms with Crippen molar-refractivity contribution in [2.24, 2.45) is 13.0 Å². The van der Waals surface area contributed by atoms with Crippen molar-refractivity contribution < 1.29 is 14.6 Å². The third kappa shape index (κ3) is 1.82. The Hall–Kier alpha value is -1.36. The SMILES string of the molecule is CCc1nn(C)cc1C1OCCC1C(=O)O. The number of ether oxygens (including phenoxy) is 1. The highest BCUT2D eigenvalue weighted by Gasteiger charge is 2.37. The van der Waals surface area contributed by atoms with Crippen molar-refractivity contribution in [1.29, 1.82) is 0 Å². The number of aryl methyl sites for hydroxylation is 2. The minimum absolute atomic E-state index is 0.332. The summed E-state index contributed by atoms with van der Waals surface area (Å²) in [5, 5.41) is 13.4. The van der Waals surface area contributed by atoms with Crippen LogP contribution < -0.4 is 0 Å². The van der Waals surface area contributed by atoms with Crippen molar-refractivity contribution in [2.45, 2.75) is 25.9 Å². The summed E-state index contributed by atoms with van der Waals surface area (Å²) in [5.74, 6) is -1.22. The Balaban J connectivity index is 2.31. The van der Waals surface area contributed by atoms with E-state index >= 15 is 0 Å². The van der Waals surface area contributed by atoms with Gasteiger partial charge in [-0.15, -0.1) is 0 Å². The normalized spacial score (nSPS) is 24.9. The molecule has 2 atom stereocenters. The number of carboxylic acid groups (broad SMARTS) is 1. The molecule has 1 fully saturated rings. The van der Waals surface area contributed by atoms with Crippen LogP contribution in [0.3, 0.4) is 0 Å². The van der Waals surface area contributed by atoms with Crippen LogP contribution in [-0.4, -0.2) is 27.5 Å². The highest BCUT2D eigenvalue weighted by Crippen LogP contribution is 2.36. The van der Waals surface area contributed by atoms with Gasteiger partial charge in [-0.05, 0) is 12.8 Å². The Morgan fingerprint density at radius 1 is 1.75 bits per heavy atom. The van der Waals surface area contributed by atoms with Crippen LogP contribution in [-0.2, 0) is 23.0 Å². The molecule has 1 aliphatic heterocycles. The number of carboxylic acids is 1. The molecule has 5 nitrogen and oxygen atoms in total. The van der Waals surface area contributed by atoms with Gasteiger partial charge in [0.05, 0.1) is 17.7 Å². The van der Waals surface area contributed by atoms with Crippen LogP contribution >= 0.6 is 0 Å². The first-order chi connectivity index (χ1) is 7.63. The van der Waals surface area contributed by atoms with E-state index in [4.69, 9.17) is 9.84 Å². The van der Waals surface area contributed by atoms with E-state index in [1.54, 1.807) is 4.68 Å². The van der Waals surface area contributed by atoms with Gasteiger partial charge in [0.15, 0.2) is 0 Å². The Bertz CT molecular complexity index is 400. The minimum Gasteiger partial charge on any atom is -0.481 e. The number of hydrogen-bond donors (Lipinski definition) is 1. The summed E-state index contributed by atoms with van der Waals surface area (Å²) in [6, 6.07) is 0. The number of aliphatic carboxylic acids is 1. The molecule has 5 heteroatoms. The molecule has 0 amide bonds. The molecule has 2 rings (SSSR count). The van der Waals surface area contributed by atoms with Gasteiger partial charge in [-0.2, -0.15) is 5.10 Å². The third-order valence-corrected chi connectivity index (χ3v) is 2.99. The summed E-state index contributed by atoms with van der Waals surface area (Å²) in [6.45, 7) is 2.52. The van der Waals surface area contributed by atoms with Crippen LogP contribution in [0.2, 0.25) is 0 Å². The van der Waals surface area contributed by atoms with Crippen molar-refractivity contribution in [3.8, 4) is 0 Å². The van der Waals surface area contributed by atoms with Crippen LogP contribution in [0, 0.1) is 5.92 Å². The minimum atomic E-state index is -0.784. The Labute approximate surface area is 94.0 Å². The van der Waals surface area contributed by atoms with Gasteiger partial charge in [0.1, 0.15) is 0 Å². The Kier molecular flexibility index (Phi) is 2.96. The summed E-state index contributed by atoms with van der Waals surface area (Å²) in [7, 11) is 1.84. The lowest BCUT2D eigenvalue weighted by Crippen LogP contribution is -2.18. The fourth-order valence-corrected chi connectivity index (χ4v) is 2.21. The van der Waals surface area contributed by atoms with Gasteiger partial charge in [0.2, 0.25) is 0 Å². The predicted molar refractivity (Wildman–Crippen MR) is 57.0 cm³/mol. The first-order valence-corrected chi connectivity index (χ1v) is 5.50. The van der Waals surface area contributed by atoms with E-state index < -0.39 is 11.9 Å². The highest BCUT2D eigenvalue weighted by molar-refractivity contribution is 5.71. The van der Waals surface area contributed by atoms with Crippen LogP contribution in [0.5, 0.6) is 0 Å². The summed E-state index contributed by atoms with van der Waals surface area (Å²) in [5.41, 5.74) is 1.86. The van der Waals surface area contributed by atoms with Crippen LogP contribution in [0.25, 0.3) is 0 Å². The maximum Gasteiger partial charge on any atom is 0.309 e. The molecule has 1 aliphatic rings. The van der Waals surface area contributed by atoms with Crippen molar-refractivity contribution >= 4 is 5.97 Å². The summed E-state index contributed by atoms with van der Waals surface area (Å²) < 4.78 is 7.25. The highest BCUT2D eigenvalue weighted by atomic mass is 16.5. The standard InChI is InChI=1S/C11H16N2O3/c1-3-9-8(6-13(2)12-9)10-7(11(14)15)4-5-16-10/h6-7,10H,3-5H2,1-2H3,(H,14,15). The van der Waals surface area contributed by atoms with E-state index in [0.29, 0.717) is 13.0 Å². The second kappa shape index (κ2) is 4.25. The number of carbonyl (C=O) groups is 1. The fourth-order valence-electron chi connectivity index (χ4n) is 2.21. The molecular formula is C11H16N2O3. The number of aromatic nitrogens is 2.